The monoisotopic (exact) mass is 220 g/mol. The predicted octanol–water partition coefficient (Wildman–Crippen LogP) is 5.17. The first-order valence-electron chi connectivity index (χ1n) is 7.79. The average molecular weight is 220 g/mol. The van der Waals surface area contributed by atoms with Crippen molar-refractivity contribution in [2.75, 3.05) is 0 Å². The molecule has 0 N–H and O–H groups in total. The first-order chi connectivity index (χ1) is 7.79. The Morgan fingerprint density at radius 1 is 1.00 bits per heavy atom. The smallest absolute Gasteiger partial charge is 0.0204 e. The fraction of sp³-hybridized carbons (Fsp3) is 1.00. The van der Waals surface area contributed by atoms with E-state index in [0.29, 0.717) is 0 Å². The zero-order valence-corrected chi connectivity index (χ0v) is 11.2. The molecule has 3 aliphatic rings. The summed E-state index contributed by atoms with van der Waals surface area (Å²) in [6.07, 6.45) is 15.3. The summed E-state index contributed by atoms with van der Waals surface area (Å²) in [5.41, 5.74) is 1.92. The highest BCUT2D eigenvalue weighted by atomic mass is 14.9. The molecule has 0 heterocycles. The topological polar surface area (TPSA) is 0 Å². The van der Waals surface area contributed by atoms with Gasteiger partial charge in [0.1, 0.15) is 0 Å². The second-order valence-electron chi connectivity index (χ2n) is 6.86. The predicted molar refractivity (Wildman–Crippen MR) is 69.4 cm³/mol. The first kappa shape index (κ1) is 11.1. The van der Waals surface area contributed by atoms with Gasteiger partial charge in [0.15, 0.2) is 0 Å². The van der Waals surface area contributed by atoms with Crippen LogP contribution in [0, 0.1) is 22.7 Å². The molecule has 16 heavy (non-hydrogen) atoms. The van der Waals surface area contributed by atoms with Crippen molar-refractivity contribution >= 4 is 0 Å². The van der Waals surface area contributed by atoms with Crippen molar-refractivity contribution in [3.8, 4) is 0 Å². The summed E-state index contributed by atoms with van der Waals surface area (Å²) in [6, 6.07) is 0. The lowest BCUT2D eigenvalue weighted by Gasteiger charge is -2.13. The van der Waals surface area contributed by atoms with Gasteiger partial charge in [-0.05, 0) is 54.8 Å². The Kier molecular flexibility index (Phi) is 2.60. The Bertz CT molecular complexity index is 239. The Morgan fingerprint density at radius 3 is 2.06 bits per heavy atom. The Balaban J connectivity index is 1.38. The molecule has 0 aromatic rings. The molecular formula is C16H28. The van der Waals surface area contributed by atoms with E-state index in [9.17, 15) is 0 Å². The van der Waals surface area contributed by atoms with Crippen molar-refractivity contribution in [1.29, 1.82) is 0 Å². The molecule has 3 fully saturated rings. The highest BCUT2D eigenvalue weighted by Crippen LogP contribution is 2.93. The Labute approximate surface area is 101 Å². The van der Waals surface area contributed by atoms with Gasteiger partial charge in [0.25, 0.3) is 0 Å². The molecule has 0 bridgehead atoms. The van der Waals surface area contributed by atoms with Crippen LogP contribution in [0.15, 0.2) is 0 Å². The highest BCUT2D eigenvalue weighted by molar-refractivity contribution is 5.34. The van der Waals surface area contributed by atoms with Gasteiger partial charge < -0.3 is 0 Å². The zero-order chi connectivity index (χ0) is 11.2. The third-order valence-electron chi connectivity index (χ3n) is 6.20. The van der Waals surface area contributed by atoms with Gasteiger partial charge in [0.05, 0.1) is 0 Å². The van der Waals surface area contributed by atoms with Gasteiger partial charge in [-0.2, -0.15) is 0 Å². The molecule has 1 atom stereocenters. The van der Waals surface area contributed by atoms with Gasteiger partial charge in [-0.1, -0.05) is 46.0 Å². The minimum Gasteiger partial charge on any atom is -0.0654 e. The largest absolute Gasteiger partial charge is 0.0654 e. The number of hydrogen-bond acceptors (Lipinski definition) is 0. The van der Waals surface area contributed by atoms with Gasteiger partial charge in [0, 0.05) is 0 Å². The number of fused-ring (bicyclic) bond motifs is 1. The molecule has 2 spiro atoms. The summed E-state index contributed by atoms with van der Waals surface area (Å²) < 4.78 is 0. The minimum atomic E-state index is 0.958. The quantitative estimate of drug-likeness (QED) is 0.555. The van der Waals surface area contributed by atoms with Crippen LogP contribution in [0.2, 0.25) is 0 Å². The van der Waals surface area contributed by atoms with Crippen molar-refractivity contribution in [3.63, 3.8) is 0 Å². The average Bonchev–Trinajstić information content (AvgIpc) is 3.15. The lowest BCUT2D eigenvalue weighted by atomic mass is 9.93. The molecule has 0 heteroatoms. The van der Waals surface area contributed by atoms with Gasteiger partial charge in [-0.15, -0.1) is 0 Å². The normalized spacial score (nSPS) is 33.0. The van der Waals surface area contributed by atoms with Gasteiger partial charge >= 0.3 is 0 Å². The van der Waals surface area contributed by atoms with Crippen LogP contribution in [0.1, 0.15) is 78.1 Å². The maximum absolute atomic E-state index is 2.38. The Hall–Kier alpha value is 0. The van der Waals surface area contributed by atoms with E-state index >= 15 is 0 Å². The number of hydrogen-bond donors (Lipinski definition) is 0. The molecule has 3 aliphatic carbocycles. The van der Waals surface area contributed by atoms with E-state index in [1.807, 2.05) is 0 Å². The summed E-state index contributed by atoms with van der Waals surface area (Å²) in [7, 11) is 0. The molecule has 0 amide bonds. The van der Waals surface area contributed by atoms with E-state index in [1.165, 1.54) is 38.0 Å². The van der Waals surface area contributed by atoms with Gasteiger partial charge in [-0.3, -0.25) is 0 Å². The maximum Gasteiger partial charge on any atom is -0.0204 e. The fourth-order valence-corrected chi connectivity index (χ4v) is 4.93. The molecular weight excluding hydrogens is 192 g/mol. The third kappa shape index (κ3) is 1.48. The second kappa shape index (κ2) is 3.75. The van der Waals surface area contributed by atoms with E-state index in [4.69, 9.17) is 0 Å². The molecule has 0 saturated heterocycles. The molecule has 0 aromatic carbocycles. The SMILES string of the molecule is CCCC(CC)CCCC1C2(CC2)C12CC2. The molecule has 3 saturated carbocycles. The van der Waals surface area contributed by atoms with E-state index in [0.717, 1.165) is 16.7 Å². The maximum atomic E-state index is 2.38. The zero-order valence-electron chi connectivity index (χ0n) is 11.2. The van der Waals surface area contributed by atoms with Crippen LogP contribution < -0.4 is 0 Å². The summed E-state index contributed by atoms with van der Waals surface area (Å²) in [5, 5.41) is 0. The summed E-state index contributed by atoms with van der Waals surface area (Å²) in [4.78, 5) is 0. The van der Waals surface area contributed by atoms with Crippen LogP contribution in [-0.2, 0) is 0 Å². The van der Waals surface area contributed by atoms with Crippen molar-refractivity contribution in [2.45, 2.75) is 78.1 Å². The van der Waals surface area contributed by atoms with Crippen LogP contribution in [0.4, 0.5) is 0 Å². The van der Waals surface area contributed by atoms with E-state index in [-0.39, 0.29) is 0 Å². The molecule has 1 unspecified atom stereocenters. The lowest BCUT2D eigenvalue weighted by Crippen LogP contribution is -1.98. The molecule has 0 aliphatic heterocycles. The van der Waals surface area contributed by atoms with Crippen LogP contribution in [0.25, 0.3) is 0 Å². The van der Waals surface area contributed by atoms with Gasteiger partial charge in [0.2, 0.25) is 0 Å². The van der Waals surface area contributed by atoms with Gasteiger partial charge in [-0.25, -0.2) is 0 Å². The highest BCUT2D eigenvalue weighted by Gasteiger charge is 2.85. The molecule has 0 radical (unpaired) electrons. The lowest BCUT2D eigenvalue weighted by molar-refractivity contribution is 0.402. The van der Waals surface area contributed by atoms with Crippen molar-refractivity contribution in [2.24, 2.45) is 22.7 Å². The van der Waals surface area contributed by atoms with Crippen LogP contribution in [0.3, 0.4) is 0 Å². The molecule has 92 valence electrons. The summed E-state index contributed by atoms with van der Waals surface area (Å²) >= 11 is 0. The van der Waals surface area contributed by atoms with Crippen molar-refractivity contribution < 1.29 is 0 Å². The second-order valence-corrected chi connectivity index (χ2v) is 6.86. The van der Waals surface area contributed by atoms with E-state index < -0.39 is 0 Å². The van der Waals surface area contributed by atoms with E-state index in [2.05, 4.69) is 13.8 Å². The van der Waals surface area contributed by atoms with Crippen LogP contribution in [-0.4, -0.2) is 0 Å². The Morgan fingerprint density at radius 2 is 1.62 bits per heavy atom. The number of rotatable bonds is 7. The van der Waals surface area contributed by atoms with Crippen molar-refractivity contribution in [3.05, 3.63) is 0 Å². The van der Waals surface area contributed by atoms with Crippen LogP contribution >= 0.6 is 0 Å². The van der Waals surface area contributed by atoms with Crippen LogP contribution in [0.5, 0.6) is 0 Å². The molecule has 3 rings (SSSR count). The molecule has 0 nitrogen and oxygen atoms in total. The summed E-state index contributed by atoms with van der Waals surface area (Å²) in [5.74, 6) is 2.23. The standard InChI is InChI=1S/C16H28/c1-3-6-13(4-2)7-5-8-14-15(9-10-15)16(14)11-12-16/h13-14H,3-12H2,1-2H3. The minimum absolute atomic E-state index is 0.958. The summed E-state index contributed by atoms with van der Waals surface area (Å²) in [6.45, 7) is 4.71. The fourth-order valence-electron chi connectivity index (χ4n) is 4.93. The van der Waals surface area contributed by atoms with E-state index in [1.54, 1.807) is 32.1 Å². The molecule has 0 aromatic heterocycles. The first-order valence-corrected chi connectivity index (χ1v) is 7.79. The third-order valence-corrected chi connectivity index (χ3v) is 6.20. The van der Waals surface area contributed by atoms with Crippen molar-refractivity contribution in [1.82, 2.24) is 0 Å².